The molecule has 1 aliphatic heterocycles. The van der Waals surface area contributed by atoms with E-state index >= 15 is 0 Å². The van der Waals surface area contributed by atoms with Crippen LogP contribution in [-0.2, 0) is 4.74 Å². The van der Waals surface area contributed by atoms with Crippen LogP contribution < -0.4 is 4.74 Å². The standard InChI is InChI=1S/C19H18N2O2/c1-19(2)12-23-18(21-19)16-9-8-14(22-3)10-17(16)15-7-5-4-6-13(15)11-20/h4-10H,12H2,1-3H3. The number of methoxy groups -OCH3 is 1. The monoisotopic (exact) mass is 306 g/mol. The first-order valence-corrected chi connectivity index (χ1v) is 7.44. The Morgan fingerprint density at radius 2 is 1.91 bits per heavy atom. The van der Waals surface area contributed by atoms with Crippen LogP contribution in [0.4, 0.5) is 0 Å². The Morgan fingerprint density at radius 3 is 2.57 bits per heavy atom. The van der Waals surface area contributed by atoms with Gasteiger partial charge in [0.2, 0.25) is 5.90 Å². The first-order chi connectivity index (χ1) is 11.0. The summed E-state index contributed by atoms with van der Waals surface area (Å²) < 4.78 is 11.1. The molecule has 4 heteroatoms. The van der Waals surface area contributed by atoms with Crippen molar-refractivity contribution in [2.75, 3.05) is 13.7 Å². The van der Waals surface area contributed by atoms with Gasteiger partial charge in [-0.05, 0) is 43.7 Å². The van der Waals surface area contributed by atoms with E-state index in [1.165, 1.54) is 0 Å². The van der Waals surface area contributed by atoms with Crippen molar-refractivity contribution in [1.29, 1.82) is 5.26 Å². The molecular weight excluding hydrogens is 288 g/mol. The molecule has 0 spiro atoms. The molecule has 1 heterocycles. The second-order valence-electron chi connectivity index (χ2n) is 6.09. The van der Waals surface area contributed by atoms with Gasteiger partial charge in [0, 0.05) is 11.1 Å². The van der Waals surface area contributed by atoms with Crippen molar-refractivity contribution in [3.8, 4) is 22.9 Å². The van der Waals surface area contributed by atoms with E-state index in [2.05, 4.69) is 11.1 Å². The minimum absolute atomic E-state index is 0.235. The van der Waals surface area contributed by atoms with Crippen LogP contribution in [0.15, 0.2) is 47.5 Å². The normalized spacial score (nSPS) is 15.5. The maximum atomic E-state index is 9.40. The molecule has 0 fully saturated rings. The number of rotatable bonds is 3. The van der Waals surface area contributed by atoms with Crippen LogP contribution in [0, 0.1) is 11.3 Å². The lowest BCUT2D eigenvalue weighted by Gasteiger charge is -2.12. The summed E-state index contributed by atoms with van der Waals surface area (Å²) in [5.74, 6) is 1.34. The summed E-state index contributed by atoms with van der Waals surface area (Å²) in [6.07, 6.45) is 0. The van der Waals surface area contributed by atoms with Gasteiger partial charge in [0.1, 0.15) is 12.4 Å². The van der Waals surface area contributed by atoms with Gasteiger partial charge in [-0.15, -0.1) is 0 Å². The minimum Gasteiger partial charge on any atom is -0.497 e. The number of ether oxygens (including phenoxy) is 2. The van der Waals surface area contributed by atoms with E-state index in [1.54, 1.807) is 13.2 Å². The zero-order chi connectivity index (χ0) is 16.4. The second-order valence-corrected chi connectivity index (χ2v) is 6.09. The Hall–Kier alpha value is -2.80. The fourth-order valence-corrected chi connectivity index (χ4v) is 2.60. The van der Waals surface area contributed by atoms with Gasteiger partial charge in [0.25, 0.3) is 0 Å². The van der Waals surface area contributed by atoms with E-state index in [4.69, 9.17) is 9.47 Å². The van der Waals surface area contributed by atoms with Crippen LogP contribution in [0.25, 0.3) is 11.1 Å². The number of aliphatic imine (C=N–C) groups is 1. The van der Waals surface area contributed by atoms with Gasteiger partial charge in [0.05, 0.1) is 24.3 Å². The van der Waals surface area contributed by atoms with Crippen molar-refractivity contribution < 1.29 is 9.47 Å². The summed E-state index contributed by atoms with van der Waals surface area (Å²) in [6, 6.07) is 15.5. The third-order valence-electron chi connectivity index (χ3n) is 3.76. The Labute approximate surface area is 136 Å². The van der Waals surface area contributed by atoms with Crippen molar-refractivity contribution in [2.45, 2.75) is 19.4 Å². The number of nitrogens with zero attached hydrogens (tertiary/aromatic N) is 2. The summed E-state index contributed by atoms with van der Waals surface area (Å²) in [5, 5.41) is 9.40. The first-order valence-electron chi connectivity index (χ1n) is 7.44. The highest BCUT2D eigenvalue weighted by Crippen LogP contribution is 2.33. The van der Waals surface area contributed by atoms with Gasteiger partial charge in [-0.1, -0.05) is 18.2 Å². The molecule has 0 bridgehead atoms. The van der Waals surface area contributed by atoms with Crippen LogP contribution in [0.3, 0.4) is 0 Å². The SMILES string of the molecule is COc1ccc(C2=NC(C)(C)CO2)c(-c2ccccc2C#N)c1. The van der Waals surface area contributed by atoms with Crippen molar-refractivity contribution in [3.63, 3.8) is 0 Å². The van der Waals surface area contributed by atoms with E-state index in [0.29, 0.717) is 18.1 Å². The molecule has 0 unspecified atom stereocenters. The predicted molar refractivity (Wildman–Crippen MR) is 89.7 cm³/mol. The minimum atomic E-state index is -0.235. The van der Waals surface area contributed by atoms with Crippen LogP contribution in [-0.4, -0.2) is 25.2 Å². The number of hydrogen-bond donors (Lipinski definition) is 0. The van der Waals surface area contributed by atoms with Gasteiger partial charge >= 0.3 is 0 Å². The lowest BCUT2D eigenvalue weighted by molar-refractivity contribution is 0.279. The van der Waals surface area contributed by atoms with Crippen molar-refractivity contribution in [3.05, 3.63) is 53.6 Å². The fraction of sp³-hybridized carbons (Fsp3) is 0.263. The van der Waals surface area contributed by atoms with E-state index in [9.17, 15) is 5.26 Å². The second kappa shape index (κ2) is 5.77. The Balaban J connectivity index is 2.21. The predicted octanol–water partition coefficient (Wildman–Crippen LogP) is 3.79. The Kier molecular flexibility index (Phi) is 3.79. The van der Waals surface area contributed by atoms with E-state index in [-0.39, 0.29) is 5.54 Å². The van der Waals surface area contributed by atoms with Gasteiger partial charge in [-0.25, -0.2) is 4.99 Å². The molecule has 2 aromatic carbocycles. The molecule has 0 radical (unpaired) electrons. The molecule has 3 rings (SSSR count). The highest BCUT2D eigenvalue weighted by Gasteiger charge is 2.28. The summed E-state index contributed by atoms with van der Waals surface area (Å²) >= 11 is 0. The van der Waals surface area contributed by atoms with Gasteiger partial charge in [-0.3, -0.25) is 0 Å². The summed E-state index contributed by atoms with van der Waals surface area (Å²) in [4.78, 5) is 4.66. The van der Waals surface area contributed by atoms with E-state index in [0.717, 1.165) is 22.4 Å². The average molecular weight is 306 g/mol. The molecule has 0 saturated carbocycles. The molecule has 116 valence electrons. The van der Waals surface area contributed by atoms with Crippen LogP contribution in [0.2, 0.25) is 0 Å². The topological polar surface area (TPSA) is 54.6 Å². The zero-order valence-electron chi connectivity index (χ0n) is 13.5. The first kappa shape index (κ1) is 15.1. The largest absolute Gasteiger partial charge is 0.497 e. The molecule has 0 N–H and O–H groups in total. The molecule has 4 nitrogen and oxygen atoms in total. The highest BCUT2D eigenvalue weighted by molar-refractivity contribution is 6.02. The smallest absolute Gasteiger partial charge is 0.217 e. The number of hydrogen-bond acceptors (Lipinski definition) is 4. The summed E-state index contributed by atoms with van der Waals surface area (Å²) in [7, 11) is 1.63. The molecule has 2 aromatic rings. The molecule has 1 aliphatic rings. The fourth-order valence-electron chi connectivity index (χ4n) is 2.60. The molecule has 0 aliphatic carbocycles. The van der Waals surface area contributed by atoms with Crippen LogP contribution in [0.5, 0.6) is 5.75 Å². The maximum Gasteiger partial charge on any atom is 0.217 e. The zero-order valence-corrected chi connectivity index (χ0v) is 13.5. The molecule has 0 atom stereocenters. The van der Waals surface area contributed by atoms with Gasteiger partial charge in [-0.2, -0.15) is 5.26 Å². The average Bonchev–Trinajstić information content (AvgIpc) is 2.94. The van der Waals surface area contributed by atoms with Gasteiger partial charge < -0.3 is 9.47 Å². The maximum absolute atomic E-state index is 9.40. The molecule has 0 aromatic heterocycles. The lowest BCUT2D eigenvalue weighted by atomic mass is 9.95. The van der Waals surface area contributed by atoms with Crippen LogP contribution >= 0.6 is 0 Å². The summed E-state index contributed by atoms with van der Waals surface area (Å²) in [5.41, 5.74) is 2.98. The van der Waals surface area contributed by atoms with E-state index in [1.807, 2.05) is 50.2 Å². The molecular formula is C19H18N2O2. The number of nitriles is 1. The number of benzene rings is 2. The third-order valence-corrected chi connectivity index (χ3v) is 3.76. The van der Waals surface area contributed by atoms with Crippen molar-refractivity contribution >= 4 is 5.90 Å². The third kappa shape index (κ3) is 2.91. The lowest BCUT2D eigenvalue weighted by Crippen LogP contribution is -2.17. The highest BCUT2D eigenvalue weighted by atomic mass is 16.5. The quantitative estimate of drug-likeness (QED) is 0.867. The molecule has 0 saturated heterocycles. The van der Waals surface area contributed by atoms with E-state index < -0.39 is 0 Å². The summed E-state index contributed by atoms with van der Waals surface area (Å²) in [6.45, 7) is 4.62. The Morgan fingerprint density at radius 1 is 1.13 bits per heavy atom. The van der Waals surface area contributed by atoms with Gasteiger partial charge in [0.15, 0.2) is 0 Å². The van der Waals surface area contributed by atoms with Crippen molar-refractivity contribution in [1.82, 2.24) is 0 Å². The molecule has 23 heavy (non-hydrogen) atoms. The van der Waals surface area contributed by atoms with Crippen LogP contribution in [0.1, 0.15) is 25.0 Å². The Bertz CT molecular complexity index is 816. The molecule has 0 amide bonds. The van der Waals surface area contributed by atoms with Crippen molar-refractivity contribution in [2.24, 2.45) is 4.99 Å².